The summed E-state index contributed by atoms with van der Waals surface area (Å²) >= 11 is 0. The maximum absolute atomic E-state index is 11.9. The molecule has 1 amide bonds. The number of rotatable bonds is 6. The van der Waals surface area contributed by atoms with Crippen molar-refractivity contribution in [2.45, 2.75) is 32.8 Å². The number of nitrogens with one attached hydrogen (secondary N) is 2. The van der Waals surface area contributed by atoms with Gasteiger partial charge in [-0.15, -0.1) is 0 Å². The Balaban J connectivity index is 1.72. The van der Waals surface area contributed by atoms with Crippen LogP contribution in [0.2, 0.25) is 0 Å². The fourth-order valence-electron chi connectivity index (χ4n) is 2.66. The third kappa shape index (κ3) is 4.05. The molecule has 20 heavy (non-hydrogen) atoms. The Labute approximate surface area is 120 Å². The number of carbonyl (C=O) groups excluding carboxylic acids is 1. The zero-order valence-corrected chi connectivity index (χ0v) is 12.3. The van der Waals surface area contributed by atoms with E-state index in [9.17, 15) is 4.79 Å². The second-order valence-electron chi connectivity index (χ2n) is 5.36. The van der Waals surface area contributed by atoms with E-state index in [4.69, 9.17) is 4.74 Å². The molecule has 0 aromatic heterocycles. The Morgan fingerprint density at radius 1 is 1.40 bits per heavy atom. The summed E-state index contributed by atoms with van der Waals surface area (Å²) in [6.45, 7) is 6.18. The van der Waals surface area contributed by atoms with Crippen LogP contribution in [-0.2, 0) is 9.53 Å². The first-order valence-corrected chi connectivity index (χ1v) is 7.38. The number of benzene rings is 1. The van der Waals surface area contributed by atoms with Crippen molar-refractivity contribution in [2.75, 3.05) is 25.0 Å². The fraction of sp³-hybridized carbons (Fsp3) is 0.562. The largest absolute Gasteiger partial charge is 0.378 e. The number of hydrogen-bond donors (Lipinski definition) is 2. The third-order valence-electron chi connectivity index (χ3n) is 3.86. The molecule has 1 heterocycles. The SMILES string of the molecule is CCC1OCCC1CNCC(=O)Nc1ccccc1C. The molecule has 1 aliphatic heterocycles. The predicted octanol–water partition coefficient (Wildman–Crippen LogP) is 2.34. The van der Waals surface area contributed by atoms with Crippen LogP contribution in [0.25, 0.3) is 0 Å². The minimum Gasteiger partial charge on any atom is -0.378 e. The molecule has 1 fully saturated rings. The van der Waals surface area contributed by atoms with Gasteiger partial charge < -0.3 is 15.4 Å². The van der Waals surface area contributed by atoms with Gasteiger partial charge >= 0.3 is 0 Å². The standard InChI is InChI=1S/C16H24N2O2/c1-3-15-13(8-9-20-15)10-17-11-16(19)18-14-7-5-4-6-12(14)2/h4-7,13,15,17H,3,8-11H2,1-2H3,(H,18,19). The topological polar surface area (TPSA) is 50.4 Å². The Kier molecular flexibility index (Phi) is 5.56. The zero-order valence-electron chi connectivity index (χ0n) is 12.3. The van der Waals surface area contributed by atoms with Crippen molar-refractivity contribution < 1.29 is 9.53 Å². The first kappa shape index (κ1) is 15.0. The Morgan fingerprint density at radius 3 is 2.95 bits per heavy atom. The molecule has 0 aliphatic carbocycles. The van der Waals surface area contributed by atoms with Crippen LogP contribution in [0.15, 0.2) is 24.3 Å². The van der Waals surface area contributed by atoms with E-state index in [1.54, 1.807) is 0 Å². The number of anilines is 1. The maximum atomic E-state index is 11.9. The van der Waals surface area contributed by atoms with Gasteiger partial charge in [-0.25, -0.2) is 0 Å². The van der Waals surface area contributed by atoms with Gasteiger partial charge in [0.1, 0.15) is 0 Å². The summed E-state index contributed by atoms with van der Waals surface area (Å²) in [6, 6.07) is 7.81. The molecule has 2 atom stereocenters. The first-order chi connectivity index (χ1) is 9.70. The molecule has 110 valence electrons. The molecule has 4 heteroatoms. The molecule has 1 aromatic carbocycles. The monoisotopic (exact) mass is 276 g/mol. The lowest BCUT2D eigenvalue weighted by Gasteiger charge is -2.17. The van der Waals surface area contributed by atoms with Crippen LogP contribution in [0.5, 0.6) is 0 Å². The summed E-state index contributed by atoms with van der Waals surface area (Å²) in [5.74, 6) is 0.539. The number of para-hydroxylation sites is 1. The first-order valence-electron chi connectivity index (χ1n) is 7.38. The lowest BCUT2D eigenvalue weighted by atomic mass is 10.00. The van der Waals surface area contributed by atoms with Crippen LogP contribution in [0, 0.1) is 12.8 Å². The van der Waals surface area contributed by atoms with Crippen molar-refractivity contribution in [2.24, 2.45) is 5.92 Å². The van der Waals surface area contributed by atoms with Crippen LogP contribution >= 0.6 is 0 Å². The van der Waals surface area contributed by atoms with Gasteiger partial charge in [-0.3, -0.25) is 4.79 Å². The van der Waals surface area contributed by atoms with E-state index in [0.717, 1.165) is 37.2 Å². The highest BCUT2D eigenvalue weighted by molar-refractivity contribution is 5.92. The van der Waals surface area contributed by atoms with Gasteiger partial charge in [0, 0.05) is 18.8 Å². The van der Waals surface area contributed by atoms with Crippen molar-refractivity contribution in [3.63, 3.8) is 0 Å². The fourth-order valence-corrected chi connectivity index (χ4v) is 2.66. The minimum atomic E-state index is 0.00580. The predicted molar refractivity (Wildman–Crippen MR) is 80.8 cm³/mol. The van der Waals surface area contributed by atoms with Gasteiger partial charge in [-0.05, 0) is 37.3 Å². The van der Waals surface area contributed by atoms with E-state index in [0.29, 0.717) is 18.6 Å². The second kappa shape index (κ2) is 7.41. The molecular weight excluding hydrogens is 252 g/mol. The van der Waals surface area contributed by atoms with Crippen molar-refractivity contribution in [1.29, 1.82) is 0 Å². The molecular formula is C16H24N2O2. The summed E-state index contributed by atoms with van der Waals surface area (Å²) in [6.07, 6.45) is 2.48. The van der Waals surface area contributed by atoms with E-state index < -0.39 is 0 Å². The molecule has 4 nitrogen and oxygen atoms in total. The highest BCUT2D eigenvalue weighted by atomic mass is 16.5. The quantitative estimate of drug-likeness (QED) is 0.838. The maximum Gasteiger partial charge on any atom is 0.238 e. The summed E-state index contributed by atoms with van der Waals surface area (Å²) in [5.41, 5.74) is 1.96. The molecule has 2 rings (SSSR count). The molecule has 0 radical (unpaired) electrons. The van der Waals surface area contributed by atoms with Crippen LogP contribution < -0.4 is 10.6 Å². The Bertz CT molecular complexity index is 448. The lowest BCUT2D eigenvalue weighted by Crippen LogP contribution is -2.34. The van der Waals surface area contributed by atoms with Crippen molar-refractivity contribution in [1.82, 2.24) is 5.32 Å². The van der Waals surface area contributed by atoms with E-state index in [1.165, 1.54) is 0 Å². The number of hydrogen-bond acceptors (Lipinski definition) is 3. The molecule has 1 saturated heterocycles. The number of aryl methyl sites for hydroxylation is 1. The van der Waals surface area contributed by atoms with Crippen LogP contribution in [-0.4, -0.2) is 31.7 Å². The zero-order chi connectivity index (χ0) is 14.4. The number of ether oxygens (including phenoxy) is 1. The molecule has 1 aliphatic rings. The summed E-state index contributed by atoms with van der Waals surface area (Å²) in [4.78, 5) is 11.9. The molecule has 2 N–H and O–H groups in total. The average molecular weight is 276 g/mol. The van der Waals surface area contributed by atoms with Crippen LogP contribution in [0.1, 0.15) is 25.3 Å². The normalized spacial score (nSPS) is 21.9. The van der Waals surface area contributed by atoms with E-state index >= 15 is 0 Å². The summed E-state index contributed by atoms with van der Waals surface area (Å²) in [5, 5.41) is 6.17. The molecule has 0 spiro atoms. The smallest absolute Gasteiger partial charge is 0.238 e. The molecule has 1 aromatic rings. The van der Waals surface area contributed by atoms with Crippen LogP contribution in [0.3, 0.4) is 0 Å². The Hall–Kier alpha value is -1.39. The van der Waals surface area contributed by atoms with E-state index in [-0.39, 0.29) is 5.91 Å². The Morgan fingerprint density at radius 2 is 2.20 bits per heavy atom. The van der Waals surface area contributed by atoms with Gasteiger partial charge in [-0.1, -0.05) is 25.1 Å². The highest BCUT2D eigenvalue weighted by Gasteiger charge is 2.26. The molecule has 0 bridgehead atoms. The summed E-state index contributed by atoms with van der Waals surface area (Å²) in [7, 11) is 0. The van der Waals surface area contributed by atoms with Crippen LogP contribution in [0.4, 0.5) is 5.69 Å². The summed E-state index contributed by atoms with van der Waals surface area (Å²) < 4.78 is 5.64. The second-order valence-corrected chi connectivity index (χ2v) is 5.36. The van der Waals surface area contributed by atoms with Gasteiger partial charge in [-0.2, -0.15) is 0 Å². The van der Waals surface area contributed by atoms with Crippen molar-refractivity contribution >= 4 is 11.6 Å². The van der Waals surface area contributed by atoms with Gasteiger partial charge in [0.25, 0.3) is 0 Å². The highest BCUT2D eigenvalue weighted by Crippen LogP contribution is 2.22. The van der Waals surface area contributed by atoms with Crippen molar-refractivity contribution in [3.05, 3.63) is 29.8 Å². The molecule has 2 unspecified atom stereocenters. The average Bonchev–Trinajstić information content (AvgIpc) is 2.89. The number of carbonyl (C=O) groups is 1. The van der Waals surface area contributed by atoms with E-state index in [2.05, 4.69) is 17.6 Å². The number of amides is 1. The van der Waals surface area contributed by atoms with Crippen molar-refractivity contribution in [3.8, 4) is 0 Å². The molecule has 0 saturated carbocycles. The van der Waals surface area contributed by atoms with Gasteiger partial charge in [0.15, 0.2) is 0 Å². The van der Waals surface area contributed by atoms with Gasteiger partial charge in [0.05, 0.1) is 12.6 Å². The lowest BCUT2D eigenvalue weighted by molar-refractivity contribution is -0.115. The third-order valence-corrected chi connectivity index (χ3v) is 3.86. The van der Waals surface area contributed by atoms with E-state index in [1.807, 2.05) is 31.2 Å². The van der Waals surface area contributed by atoms with Gasteiger partial charge in [0.2, 0.25) is 5.91 Å². The minimum absolute atomic E-state index is 0.00580.